The highest BCUT2D eigenvalue weighted by molar-refractivity contribution is 7.79. The van der Waals surface area contributed by atoms with Gasteiger partial charge < -0.3 is 4.55 Å². The number of benzene rings is 1. The molecule has 0 bridgehead atoms. The zero-order valence-corrected chi connectivity index (χ0v) is 13.8. The van der Waals surface area contributed by atoms with Crippen LogP contribution >= 0.6 is 0 Å². The molecule has 0 spiro atoms. The third-order valence-electron chi connectivity index (χ3n) is 5.15. The topological polar surface area (TPSA) is 40.5 Å². The molecule has 0 aromatic heterocycles. The maximum absolute atomic E-state index is 11.1. The van der Waals surface area contributed by atoms with Gasteiger partial charge in [-0.2, -0.15) is 0 Å². The van der Waals surface area contributed by atoms with Crippen LogP contribution in [-0.4, -0.2) is 31.8 Å². The van der Waals surface area contributed by atoms with Crippen LogP contribution in [0.25, 0.3) is 0 Å². The zero-order chi connectivity index (χ0) is 15.1. The van der Waals surface area contributed by atoms with Gasteiger partial charge in [0.25, 0.3) is 0 Å². The number of nitrogens with zero attached hydrogens (tertiary/aromatic N) is 1. The van der Waals surface area contributed by atoms with E-state index in [1.165, 1.54) is 5.56 Å². The van der Waals surface area contributed by atoms with E-state index in [-0.39, 0.29) is 11.1 Å². The van der Waals surface area contributed by atoms with Crippen LogP contribution in [0.2, 0.25) is 0 Å². The van der Waals surface area contributed by atoms with Crippen molar-refractivity contribution in [2.45, 2.75) is 62.4 Å². The average molecular weight is 295 g/mol. The standard InChI is InChI=1S/C16H25NO2S/c1-15(2)11-10-14(16(3,4)17(15)5)12-6-8-13(9-7-12)20(18)19/h6-9,14H,10-11H2,1-5H3,(H,18,19). The summed E-state index contributed by atoms with van der Waals surface area (Å²) in [5, 5.41) is 0. The molecule has 1 heterocycles. The molecule has 112 valence electrons. The van der Waals surface area contributed by atoms with E-state index in [9.17, 15) is 4.21 Å². The van der Waals surface area contributed by atoms with Crippen LogP contribution in [-0.2, 0) is 11.1 Å². The fourth-order valence-electron chi connectivity index (χ4n) is 3.42. The lowest BCUT2D eigenvalue weighted by Crippen LogP contribution is -2.59. The van der Waals surface area contributed by atoms with Crippen LogP contribution in [0.1, 0.15) is 52.0 Å². The Morgan fingerprint density at radius 3 is 2.25 bits per heavy atom. The van der Waals surface area contributed by atoms with Crippen molar-refractivity contribution in [1.29, 1.82) is 0 Å². The Morgan fingerprint density at radius 2 is 1.75 bits per heavy atom. The summed E-state index contributed by atoms with van der Waals surface area (Å²) in [6.07, 6.45) is 2.30. The summed E-state index contributed by atoms with van der Waals surface area (Å²) in [5.41, 5.74) is 1.54. The monoisotopic (exact) mass is 295 g/mol. The Labute approximate surface area is 124 Å². The zero-order valence-electron chi connectivity index (χ0n) is 13.0. The molecule has 3 nitrogen and oxygen atoms in total. The minimum absolute atomic E-state index is 0.0711. The van der Waals surface area contributed by atoms with Gasteiger partial charge in [0, 0.05) is 17.0 Å². The SMILES string of the molecule is CN1C(C)(C)CCC(c2ccc(S(=O)O)cc2)C1(C)C. The number of hydrogen-bond donors (Lipinski definition) is 1. The minimum atomic E-state index is -1.89. The summed E-state index contributed by atoms with van der Waals surface area (Å²) < 4.78 is 20.2. The predicted octanol–water partition coefficient (Wildman–Crippen LogP) is 3.63. The first-order valence-electron chi connectivity index (χ1n) is 7.11. The summed E-state index contributed by atoms with van der Waals surface area (Å²) in [7, 11) is 2.20. The van der Waals surface area contributed by atoms with Crippen molar-refractivity contribution < 1.29 is 8.76 Å². The molecule has 20 heavy (non-hydrogen) atoms. The summed E-state index contributed by atoms with van der Waals surface area (Å²) in [6, 6.07) is 7.53. The summed E-state index contributed by atoms with van der Waals surface area (Å²) in [6.45, 7) is 9.17. The third kappa shape index (κ3) is 2.69. The molecule has 0 radical (unpaired) electrons. The summed E-state index contributed by atoms with van der Waals surface area (Å²) >= 11 is -1.89. The first-order valence-corrected chi connectivity index (χ1v) is 8.22. The van der Waals surface area contributed by atoms with Gasteiger partial charge in [0.15, 0.2) is 11.1 Å². The largest absolute Gasteiger partial charge is 0.302 e. The summed E-state index contributed by atoms with van der Waals surface area (Å²) in [5.74, 6) is 0.446. The first-order chi connectivity index (χ1) is 9.16. The maximum Gasteiger partial charge on any atom is 0.186 e. The lowest BCUT2D eigenvalue weighted by molar-refractivity contribution is -0.0188. The number of likely N-dealkylation sites (N-methyl/N-ethyl adjacent to an activating group) is 1. The van der Waals surface area contributed by atoms with Crippen LogP contribution in [0, 0.1) is 0 Å². The van der Waals surface area contributed by atoms with Crippen LogP contribution < -0.4 is 0 Å². The molecule has 1 aromatic rings. The molecule has 1 fully saturated rings. The van der Waals surface area contributed by atoms with Crippen molar-refractivity contribution in [3.05, 3.63) is 29.8 Å². The number of likely N-dealkylation sites (tertiary alicyclic amines) is 1. The quantitative estimate of drug-likeness (QED) is 0.847. The van der Waals surface area contributed by atoms with Gasteiger partial charge in [0.2, 0.25) is 0 Å². The summed E-state index contributed by atoms with van der Waals surface area (Å²) in [4.78, 5) is 2.93. The van der Waals surface area contributed by atoms with Gasteiger partial charge in [-0.3, -0.25) is 4.90 Å². The highest BCUT2D eigenvalue weighted by Gasteiger charge is 2.45. The van der Waals surface area contributed by atoms with E-state index >= 15 is 0 Å². The Hall–Kier alpha value is -0.710. The fraction of sp³-hybridized carbons (Fsp3) is 0.625. The molecule has 1 saturated heterocycles. The molecule has 0 saturated carbocycles. The molecule has 1 N–H and O–H groups in total. The van der Waals surface area contributed by atoms with Crippen molar-refractivity contribution in [2.75, 3.05) is 7.05 Å². The van der Waals surface area contributed by atoms with Crippen molar-refractivity contribution in [3.8, 4) is 0 Å². The Morgan fingerprint density at radius 1 is 1.20 bits per heavy atom. The molecule has 0 aliphatic carbocycles. The van der Waals surface area contributed by atoms with E-state index in [0.717, 1.165) is 12.8 Å². The second-order valence-electron chi connectivity index (χ2n) is 6.93. The van der Waals surface area contributed by atoms with Crippen LogP contribution in [0.3, 0.4) is 0 Å². The van der Waals surface area contributed by atoms with Crippen LogP contribution in [0.5, 0.6) is 0 Å². The van der Waals surface area contributed by atoms with E-state index in [2.05, 4.69) is 39.6 Å². The van der Waals surface area contributed by atoms with Gasteiger partial charge in [-0.25, -0.2) is 4.21 Å². The molecule has 1 aromatic carbocycles. The van der Waals surface area contributed by atoms with Crippen molar-refractivity contribution >= 4 is 11.1 Å². The predicted molar refractivity (Wildman–Crippen MR) is 83.4 cm³/mol. The maximum atomic E-state index is 11.1. The second kappa shape index (κ2) is 5.24. The Bertz CT molecular complexity index is 508. The van der Waals surface area contributed by atoms with Gasteiger partial charge in [-0.15, -0.1) is 0 Å². The smallest absolute Gasteiger partial charge is 0.186 e. The van der Waals surface area contributed by atoms with Gasteiger partial charge in [0.05, 0.1) is 4.90 Å². The van der Waals surface area contributed by atoms with E-state index in [1.54, 1.807) is 12.1 Å². The molecule has 2 rings (SSSR count). The van der Waals surface area contributed by atoms with Gasteiger partial charge in [0.1, 0.15) is 0 Å². The molecular formula is C16H25NO2S. The lowest BCUT2D eigenvalue weighted by Gasteiger charge is -2.55. The van der Waals surface area contributed by atoms with Crippen LogP contribution in [0.4, 0.5) is 0 Å². The Balaban J connectivity index is 2.31. The van der Waals surface area contributed by atoms with Crippen molar-refractivity contribution in [3.63, 3.8) is 0 Å². The number of piperidine rings is 1. The van der Waals surface area contributed by atoms with E-state index in [4.69, 9.17) is 4.55 Å². The molecule has 0 amide bonds. The minimum Gasteiger partial charge on any atom is -0.302 e. The lowest BCUT2D eigenvalue weighted by atomic mass is 9.70. The third-order valence-corrected chi connectivity index (χ3v) is 5.83. The molecule has 1 aliphatic heterocycles. The van der Waals surface area contributed by atoms with Gasteiger partial charge in [-0.1, -0.05) is 12.1 Å². The van der Waals surface area contributed by atoms with Crippen molar-refractivity contribution in [1.82, 2.24) is 4.90 Å². The highest BCUT2D eigenvalue weighted by atomic mass is 32.2. The number of hydrogen-bond acceptors (Lipinski definition) is 2. The van der Waals surface area contributed by atoms with E-state index in [1.807, 2.05) is 12.1 Å². The fourth-order valence-corrected chi connectivity index (χ4v) is 3.79. The molecule has 2 unspecified atom stereocenters. The molecular weight excluding hydrogens is 270 g/mol. The van der Waals surface area contributed by atoms with Crippen molar-refractivity contribution in [2.24, 2.45) is 0 Å². The van der Waals surface area contributed by atoms with E-state index < -0.39 is 11.1 Å². The number of rotatable bonds is 2. The molecule has 4 heteroatoms. The average Bonchev–Trinajstić information content (AvgIpc) is 2.36. The first kappa shape index (κ1) is 15.7. The normalized spacial score (nSPS) is 27.2. The molecule has 1 aliphatic rings. The highest BCUT2D eigenvalue weighted by Crippen LogP contribution is 2.45. The van der Waals surface area contributed by atoms with Crippen LogP contribution in [0.15, 0.2) is 29.2 Å². The van der Waals surface area contributed by atoms with E-state index in [0.29, 0.717) is 10.8 Å². The molecule has 2 atom stereocenters. The van der Waals surface area contributed by atoms with Gasteiger partial charge in [-0.05, 0) is 65.3 Å². The van der Waals surface area contributed by atoms with Gasteiger partial charge >= 0.3 is 0 Å². The Kier molecular flexibility index (Phi) is 4.11. The second-order valence-corrected chi connectivity index (χ2v) is 7.90.